The summed E-state index contributed by atoms with van der Waals surface area (Å²) >= 11 is 0. The van der Waals surface area contributed by atoms with E-state index in [4.69, 9.17) is 14.5 Å². The van der Waals surface area contributed by atoms with Crippen LogP contribution in [0.2, 0.25) is 0 Å². The Labute approximate surface area is 215 Å². The van der Waals surface area contributed by atoms with Gasteiger partial charge in [0.25, 0.3) is 0 Å². The number of carbonyl (C=O) groups is 1. The van der Waals surface area contributed by atoms with Crippen LogP contribution in [0.25, 0.3) is 0 Å². The third-order valence-electron chi connectivity index (χ3n) is 7.32. The van der Waals surface area contributed by atoms with Crippen molar-refractivity contribution in [3.63, 3.8) is 0 Å². The molecule has 1 saturated carbocycles. The van der Waals surface area contributed by atoms with E-state index < -0.39 is 0 Å². The van der Waals surface area contributed by atoms with Crippen molar-refractivity contribution < 1.29 is 14.3 Å². The lowest BCUT2D eigenvalue weighted by Crippen LogP contribution is -2.29. The van der Waals surface area contributed by atoms with Gasteiger partial charge in [-0.3, -0.25) is 4.79 Å². The van der Waals surface area contributed by atoms with Crippen LogP contribution in [0.1, 0.15) is 61.4 Å². The summed E-state index contributed by atoms with van der Waals surface area (Å²) in [5.74, 6) is 4.15. The number of benzene rings is 2. The lowest BCUT2D eigenvalue weighted by atomic mass is 9.71. The molecule has 1 aromatic heterocycles. The van der Waals surface area contributed by atoms with Gasteiger partial charge in [-0.15, -0.1) is 0 Å². The van der Waals surface area contributed by atoms with Gasteiger partial charge in [0.1, 0.15) is 23.1 Å². The molecular formula is C31H38N2O3. The van der Waals surface area contributed by atoms with Gasteiger partial charge < -0.3 is 14.4 Å². The number of carbonyl (C=O) groups excluding carboxylic acids is 1. The lowest BCUT2D eigenvalue weighted by Gasteiger charge is -2.34. The zero-order chi connectivity index (χ0) is 25.7. The van der Waals surface area contributed by atoms with Gasteiger partial charge in [0.2, 0.25) is 0 Å². The summed E-state index contributed by atoms with van der Waals surface area (Å²) in [6, 6.07) is 20.7. The number of pyridine rings is 1. The molecule has 0 N–H and O–H groups in total. The fraction of sp³-hybridized carbons (Fsp3) is 0.419. The smallest absolute Gasteiger partial charge is 0.133 e. The number of anilines is 1. The molecule has 0 bridgehead atoms. The number of ketones is 1. The molecule has 5 heteroatoms. The maximum atomic E-state index is 12.4. The molecule has 36 heavy (non-hydrogen) atoms. The summed E-state index contributed by atoms with van der Waals surface area (Å²) in [6.07, 6.45) is 2.24. The SMILES string of the molecule is COc1ccc(CN(Cc2ccc(OC)cc2)c2cc(C)cc(C3CC(=O)CCC3C(C)C)n2)cc1. The highest BCUT2D eigenvalue weighted by Crippen LogP contribution is 2.40. The van der Waals surface area contributed by atoms with Crippen LogP contribution in [-0.2, 0) is 17.9 Å². The van der Waals surface area contributed by atoms with E-state index in [2.05, 4.69) is 62.1 Å². The quantitative estimate of drug-likeness (QED) is 0.336. The van der Waals surface area contributed by atoms with Gasteiger partial charge >= 0.3 is 0 Å². The number of rotatable bonds is 9. The van der Waals surface area contributed by atoms with Gasteiger partial charge in [0.15, 0.2) is 0 Å². The zero-order valence-electron chi connectivity index (χ0n) is 22.2. The third kappa shape index (κ3) is 6.26. The van der Waals surface area contributed by atoms with Gasteiger partial charge in [-0.05, 0) is 78.3 Å². The molecule has 4 rings (SSSR count). The van der Waals surface area contributed by atoms with Crippen molar-refractivity contribution >= 4 is 11.6 Å². The highest BCUT2D eigenvalue weighted by Gasteiger charge is 2.33. The second-order valence-electron chi connectivity index (χ2n) is 10.3. The second kappa shape index (κ2) is 11.6. The summed E-state index contributed by atoms with van der Waals surface area (Å²) in [6.45, 7) is 8.09. The Bertz CT molecular complexity index is 1110. The Kier molecular flexibility index (Phi) is 8.29. The molecule has 1 heterocycles. The van der Waals surface area contributed by atoms with E-state index in [0.717, 1.165) is 29.4 Å². The number of hydrogen-bond acceptors (Lipinski definition) is 5. The van der Waals surface area contributed by atoms with Crippen LogP contribution in [0, 0.1) is 18.8 Å². The Hall–Kier alpha value is -3.34. The first kappa shape index (κ1) is 25.7. The van der Waals surface area contributed by atoms with E-state index in [1.807, 2.05) is 24.3 Å². The first-order valence-electron chi connectivity index (χ1n) is 12.9. The predicted octanol–water partition coefficient (Wildman–Crippen LogP) is 6.72. The molecule has 0 radical (unpaired) electrons. The molecule has 2 aromatic carbocycles. The van der Waals surface area contributed by atoms with Crippen LogP contribution in [0.5, 0.6) is 11.5 Å². The Morgan fingerprint density at radius 3 is 1.97 bits per heavy atom. The fourth-order valence-electron chi connectivity index (χ4n) is 5.30. The van der Waals surface area contributed by atoms with Crippen molar-refractivity contribution in [2.75, 3.05) is 19.1 Å². The van der Waals surface area contributed by atoms with Gasteiger partial charge in [0.05, 0.1) is 14.2 Å². The normalized spacial score (nSPS) is 17.8. The van der Waals surface area contributed by atoms with Crippen LogP contribution >= 0.6 is 0 Å². The molecule has 0 aliphatic heterocycles. The molecular weight excluding hydrogens is 448 g/mol. The number of nitrogens with zero attached hydrogens (tertiary/aromatic N) is 2. The number of aromatic nitrogens is 1. The Morgan fingerprint density at radius 2 is 1.47 bits per heavy atom. The first-order chi connectivity index (χ1) is 17.4. The number of hydrogen-bond donors (Lipinski definition) is 0. The van der Waals surface area contributed by atoms with Crippen LogP contribution in [0.3, 0.4) is 0 Å². The molecule has 2 unspecified atom stereocenters. The lowest BCUT2D eigenvalue weighted by molar-refractivity contribution is -0.122. The molecule has 3 aromatic rings. The van der Waals surface area contributed by atoms with Crippen molar-refractivity contribution in [2.45, 2.75) is 59.0 Å². The van der Waals surface area contributed by atoms with E-state index in [1.165, 1.54) is 16.7 Å². The average Bonchev–Trinajstić information content (AvgIpc) is 2.88. The fourth-order valence-corrected chi connectivity index (χ4v) is 5.30. The van der Waals surface area contributed by atoms with Crippen molar-refractivity contribution in [1.29, 1.82) is 0 Å². The summed E-state index contributed by atoms with van der Waals surface area (Å²) < 4.78 is 10.7. The molecule has 0 saturated heterocycles. The standard InChI is InChI=1S/C31H38N2O3/c1-21(2)28-15-10-25(34)18-29(28)30-16-22(3)17-31(32-30)33(19-23-6-11-26(35-4)12-7-23)20-24-8-13-27(36-5)14-9-24/h6-9,11-14,16-17,21,28-29H,10,15,18-20H2,1-5H3. The zero-order valence-corrected chi connectivity index (χ0v) is 22.2. The third-order valence-corrected chi connectivity index (χ3v) is 7.32. The van der Waals surface area contributed by atoms with Gasteiger partial charge in [-0.25, -0.2) is 4.98 Å². The molecule has 0 amide bonds. The van der Waals surface area contributed by atoms with Gasteiger partial charge in [0, 0.05) is 37.5 Å². The molecule has 190 valence electrons. The number of ether oxygens (including phenoxy) is 2. The molecule has 1 aliphatic rings. The summed E-state index contributed by atoms with van der Waals surface area (Å²) in [5, 5.41) is 0. The minimum Gasteiger partial charge on any atom is -0.497 e. The summed E-state index contributed by atoms with van der Waals surface area (Å²) in [7, 11) is 3.37. The predicted molar refractivity (Wildman–Crippen MR) is 145 cm³/mol. The topological polar surface area (TPSA) is 51.7 Å². The van der Waals surface area contributed by atoms with Crippen LogP contribution in [-0.4, -0.2) is 25.0 Å². The van der Waals surface area contributed by atoms with Crippen molar-refractivity contribution in [2.24, 2.45) is 11.8 Å². The van der Waals surface area contributed by atoms with E-state index in [9.17, 15) is 4.79 Å². The Balaban J connectivity index is 1.69. The van der Waals surface area contributed by atoms with E-state index in [0.29, 0.717) is 43.6 Å². The second-order valence-corrected chi connectivity index (χ2v) is 10.3. The Morgan fingerprint density at radius 1 is 0.917 bits per heavy atom. The molecule has 1 fully saturated rings. The van der Waals surface area contributed by atoms with Crippen LogP contribution in [0.15, 0.2) is 60.7 Å². The highest BCUT2D eigenvalue weighted by atomic mass is 16.5. The van der Waals surface area contributed by atoms with Gasteiger partial charge in [-0.2, -0.15) is 0 Å². The largest absolute Gasteiger partial charge is 0.497 e. The van der Waals surface area contributed by atoms with E-state index in [1.54, 1.807) is 14.2 Å². The van der Waals surface area contributed by atoms with E-state index in [-0.39, 0.29) is 5.92 Å². The molecule has 1 aliphatic carbocycles. The molecule has 5 nitrogen and oxygen atoms in total. The van der Waals surface area contributed by atoms with Gasteiger partial charge in [-0.1, -0.05) is 38.1 Å². The van der Waals surface area contributed by atoms with Crippen LogP contribution in [0.4, 0.5) is 5.82 Å². The molecule has 0 spiro atoms. The van der Waals surface area contributed by atoms with E-state index >= 15 is 0 Å². The first-order valence-corrected chi connectivity index (χ1v) is 12.9. The number of Topliss-reactive ketones (excluding diaryl/α,β-unsaturated/α-hetero) is 1. The number of methoxy groups -OCH3 is 2. The van der Waals surface area contributed by atoms with Crippen molar-refractivity contribution in [3.05, 3.63) is 83.0 Å². The monoisotopic (exact) mass is 486 g/mol. The molecule has 2 atom stereocenters. The minimum absolute atomic E-state index is 0.175. The average molecular weight is 487 g/mol. The number of aryl methyl sites for hydroxylation is 1. The van der Waals surface area contributed by atoms with Crippen LogP contribution < -0.4 is 14.4 Å². The summed E-state index contributed by atoms with van der Waals surface area (Å²) in [4.78, 5) is 20.0. The highest BCUT2D eigenvalue weighted by molar-refractivity contribution is 5.80. The maximum absolute atomic E-state index is 12.4. The maximum Gasteiger partial charge on any atom is 0.133 e. The minimum atomic E-state index is 0.175. The van der Waals surface area contributed by atoms with Crippen molar-refractivity contribution in [1.82, 2.24) is 4.98 Å². The van der Waals surface area contributed by atoms with Crippen molar-refractivity contribution in [3.8, 4) is 11.5 Å². The summed E-state index contributed by atoms with van der Waals surface area (Å²) in [5.41, 5.74) is 4.58.